The van der Waals surface area contributed by atoms with E-state index in [2.05, 4.69) is 39.0 Å². The molecule has 158 valence electrons. The number of ether oxygens (including phenoxy) is 2. The molecule has 0 radical (unpaired) electrons. The molecule has 1 saturated carbocycles. The van der Waals surface area contributed by atoms with E-state index in [-0.39, 0.29) is 18.1 Å². The van der Waals surface area contributed by atoms with E-state index >= 15 is 0 Å². The minimum atomic E-state index is -0.387. The van der Waals surface area contributed by atoms with Crippen LogP contribution in [-0.2, 0) is 20.8 Å². The summed E-state index contributed by atoms with van der Waals surface area (Å²) < 4.78 is 13.2. The van der Waals surface area contributed by atoms with Crippen LogP contribution >= 0.6 is 0 Å². The average molecular weight is 401 g/mol. The fraction of sp³-hybridized carbons (Fsp3) is 0.636. The molecule has 0 spiro atoms. The van der Waals surface area contributed by atoms with Gasteiger partial charge in [-0.1, -0.05) is 0 Å². The van der Waals surface area contributed by atoms with Crippen LogP contribution in [0.4, 0.5) is 0 Å². The van der Waals surface area contributed by atoms with Gasteiger partial charge in [0, 0.05) is 57.3 Å². The Morgan fingerprint density at radius 1 is 1.45 bits per heavy atom. The molecule has 1 aliphatic carbocycles. The number of carbonyl (C=O) groups is 1. The van der Waals surface area contributed by atoms with Gasteiger partial charge in [-0.2, -0.15) is 0 Å². The van der Waals surface area contributed by atoms with Crippen molar-refractivity contribution < 1.29 is 14.3 Å². The predicted molar refractivity (Wildman–Crippen MR) is 112 cm³/mol. The Morgan fingerprint density at radius 2 is 2.31 bits per heavy atom. The maximum atomic E-state index is 13.3. The zero-order valence-corrected chi connectivity index (χ0v) is 17.5. The number of nitrogens with zero attached hydrogens (tertiary/aromatic N) is 3. The van der Waals surface area contributed by atoms with E-state index in [0.29, 0.717) is 19.2 Å². The quantitative estimate of drug-likeness (QED) is 0.655. The highest BCUT2D eigenvalue weighted by molar-refractivity contribution is 5.84. The Bertz CT molecular complexity index is 827. The minimum Gasteiger partial charge on any atom is -0.385 e. The monoisotopic (exact) mass is 400 g/mol. The number of hydrogen-bond donors (Lipinski definition) is 1. The number of aromatic nitrogens is 2. The average Bonchev–Trinajstić information content (AvgIpc) is 3.52. The second-order valence-corrected chi connectivity index (χ2v) is 8.07. The molecule has 7 nitrogen and oxygen atoms in total. The molecule has 29 heavy (non-hydrogen) atoms. The number of pyridine rings is 1. The van der Waals surface area contributed by atoms with Crippen LogP contribution in [0.3, 0.4) is 0 Å². The Kier molecular flexibility index (Phi) is 6.47. The molecular formula is C22H32N4O3. The molecule has 1 amide bonds. The van der Waals surface area contributed by atoms with Crippen molar-refractivity contribution in [1.82, 2.24) is 19.8 Å². The number of hydrogen-bond acceptors (Lipinski definition) is 5. The van der Waals surface area contributed by atoms with Gasteiger partial charge in [-0.25, -0.2) is 0 Å². The molecule has 0 aromatic carbocycles. The predicted octanol–water partition coefficient (Wildman–Crippen LogP) is 2.50. The van der Waals surface area contributed by atoms with E-state index < -0.39 is 0 Å². The first-order valence-electron chi connectivity index (χ1n) is 10.8. The van der Waals surface area contributed by atoms with Crippen molar-refractivity contribution in [1.29, 1.82) is 0 Å². The van der Waals surface area contributed by atoms with E-state index in [9.17, 15) is 4.79 Å². The van der Waals surface area contributed by atoms with Crippen LogP contribution in [0, 0.1) is 0 Å². The summed E-state index contributed by atoms with van der Waals surface area (Å²) in [7, 11) is 1.74. The van der Waals surface area contributed by atoms with Crippen LogP contribution < -0.4 is 5.32 Å². The lowest BCUT2D eigenvalue weighted by atomic mass is 10.1. The molecule has 2 fully saturated rings. The summed E-state index contributed by atoms with van der Waals surface area (Å²) in [6.07, 6.45) is 7.86. The van der Waals surface area contributed by atoms with Gasteiger partial charge in [0.1, 0.15) is 6.10 Å². The second-order valence-electron chi connectivity index (χ2n) is 8.07. The van der Waals surface area contributed by atoms with Crippen molar-refractivity contribution in [2.45, 2.75) is 57.3 Å². The molecule has 0 bridgehead atoms. The van der Waals surface area contributed by atoms with E-state index in [1.807, 2.05) is 12.3 Å². The summed E-state index contributed by atoms with van der Waals surface area (Å²) in [6.45, 7) is 5.82. The van der Waals surface area contributed by atoms with Gasteiger partial charge in [-0.05, 0) is 44.7 Å². The third-order valence-electron chi connectivity index (χ3n) is 5.93. The van der Waals surface area contributed by atoms with E-state index in [1.165, 1.54) is 0 Å². The number of rotatable bonds is 9. The van der Waals surface area contributed by atoms with Crippen LogP contribution in [0.2, 0.25) is 0 Å². The Labute approximate surface area is 172 Å². The summed E-state index contributed by atoms with van der Waals surface area (Å²) in [6, 6.07) is 4.38. The van der Waals surface area contributed by atoms with Crippen molar-refractivity contribution in [3.8, 4) is 0 Å². The van der Waals surface area contributed by atoms with Crippen molar-refractivity contribution in [2.75, 3.05) is 33.4 Å². The number of methoxy groups -OCH3 is 1. The summed E-state index contributed by atoms with van der Waals surface area (Å²) >= 11 is 0. The maximum absolute atomic E-state index is 13.3. The Morgan fingerprint density at radius 3 is 3.03 bits per heavy atom. The van der Waals surface area contributed by atoms with Crippen molar-refractivity contribution >= 4 is 16.9 Å². The second kappa shape index (κ2) is 9.24. The smallest absolute Gasteiger partial charge is 0.253 e. The van der Waals surface area contributed by atoms with Crippen LogP contribution in [0.25, 0.3) is 11.0 Å². The zero-order valence-electron chi connectivity index (χ0n) is 17.5. The topological polar surface area (TPSA) is 68.6 Å². The SMILES string of the molecule is COCCCCn1cc([C@H](C)N(C(=O)[C@H]2CNCCO2)C2CC2)c2ncccc21. The number of fused-ring (bicyclic) bond motifs is 1. The van der Waals surface area contributed by atoms with E-state index in [0.717, 1.165) is 62.0 Å². The van der Waals surface area contributed by atoms with Crippen LogP contribution in [0.1, 0.15) is 44.2 Å². The highest BCUT2D eigenvalue weighted by Gasteiger charge is 2.40. The van der Waals surface area contributed by atoms with Crippen LogP contribution in [0.5, 0.6) is 0 Å². The van der Waals surface area contributed by atoms with Crippen molar-refractivity contribution in [3.05, 3.63) is 30.1 Å². The van der Waals surface area contributed by atoms with E-state index in [4.69, 9.17) is 9.47 Å². The molecule has 1 saturated heterocycles. The minimum absolute atomic E-state index is 0.0295. The van der Waals surface area contributed by atoms with Gasteiger partial charge in [-0.3, -0.25) is 9.78 Å². The molecule has 4 rings (SSSR count). The highest BCUT2D eigenvalue weighted by Crippen LogP contribution is 2.37. The molecule has 3 heterocycles. The molecule has 2 aromatic heterocycles. The summed E-state index contributed by atoms with van der Waals surface area (Å²) in [4.78, 5) is 20.0. The maximum Gasteiger partial charge on any atom is 0.253 e. The normalized spacial score (nSPS) is 20.7. The van der Waals surface area contributed by atoms with Gasteiger partial charge in [0.05, 0.1) is 23.7 Å². The van der Waals surface area contributed by atoms with Gasteiger partial charge in [0.2, 0.25) is 0 Å². The summed E-state index contributed by atoms with van der Waals surface area (Å²) in [5.41, 5.74) is 3.25. The third kappa shape index (κ3) is 4.47. The first kappa shape index (κ1) is 20.3. The lowest BCUT2D eigenvalue weighted by Gasteiger charge is -2.34. The molecule has 2 atom stereocenters. The first-order valence-corrected chi connectivity index (χ1v) is 10.8. The fourth-order valence-corrected chi connectivity index (χ4v) is 4.25. The van der Waals surface area contributed by atoms with Gasteiger partial charge >= 0.3 is 0 Å². The zero-order chi connectivity index (χ0) is 20.2. The van der Waals surface area contributed by atoms with Gasteiger partial charge in [0.15, 0.2) is 0 Å². The summed E-state index contributed by atoms with van der Waals surface area (Å²) in [5.74, 6) is 0.101. The first-order chi connectivity index (χ1) is 14.2. The Hall–Kier alpha value is -1.96. The number of nitrogens with one attached hydrogen (secondary N) is 1. The Balaban J connectivity index is 1.59. The van der Waals surface area contributed by atoms with Gasteiger partial charge < -0.3 is 24.3 Å². The van der Waals surface area contributed by atoms with Crippen LogP contribution in [0.15, 0.2) is 24.5 Å². The van der Waals surface area contributed by atoms with E-state index in [1.54, 1.807) is 7.11 Å². The summed E-state index contributed by atoms with van der Waals surface area (Å²) in [5, 5.41) is 3.28. The number of aryl methyl sites for hydroxylation is 1. The number of unbranched alkanes of at least 4 members (excludes halogenated alkanes) is 1. The molecule has 7 heteroatoms. The third-order valence-corrected chi connectivity index (χ3v) is 5.93. The lowest BCUT2D eigenvalue weighted by Crippen LogP contribution is -2.50. The lowest BCUT2D eigenvalue weighted by molar-refractivity contribution is -0.148. The number of morpholine rings is 1. The molecule has 2 aromatic rings. The number of amides is 1. The molecular weight excluding hydrogens is 368 g/mol. The van der Waals surface area contributed by atoms with Gasteiger partial charge in [-0.15, -0.1) is 0 Å². The number of carbonyl (C=O) groups excluding carboxylic acids is 1. The molecule has 0 unspecified atom stereocenters. The molecule has 2 aliphatic rings. The fourth-order valence-electron chi connectivity index (χ4n) is 4.25. The molecule has 1 N–H and O–H groups in total. The standard InChI is InChI=1S/C22H32N4O3/c1-16(26(17-7-8-17)22(27)20-14-23-10-13-29-20)18-15-25(11-3-4-12-28-2)19-6-5-9-24-21(18)19/h5-6,9,15-17,20,23H,3-4,7-8,10-14H2,1-2H3/t16-,20+/m0/s1. The van der Waals surface area contributed by atoms with Crippen molar-refractivity contribution in [2.24, 2.45) is 0 Å². The molecule has 1 aliphatic heterocycles. The van der Waals surface area contributed by atoms with Crippen molar-refractivity contribution in [3.63, 3.8) is 0 Å². The van der Waals surface area contributed by atoms with Gasteiger partial charge in [0.25, 0.3) is 5.91 Å². The largest absolute Gasteiger partial charge is 0.385 e. The highest BCUT2D eigenvalue weighted by atomic mass is 16.5. The van der Waals surface area contributed by atoms with Crippen LogP contribution in [-0.4, -0.2) is 65.9 Å².